The maximum Gasteiger partial charge on any atom is 0.302 e. The molecule has 4 rings (SSSR count). The number of benzene rings is 1. The fourth-order valence-electron chi connectivity index (χ4n) is 6.50. The Kier molecular flexibility index (Phi) is 5.21. The molecule has 3 aliphatic carbocycles. The predicted molar refractivity (Wildman–Crippen MR) is 109 cm³/mol. The summed E-state index contributed by atoms with van der Waals surface area (Å²) in [5, 5.41) is 23.0. The summed E-state index contributed by atoms with van der Waals surface area (Å²) in [4.78, 5) is 11.6. The van der Waals surface area contributed by atoms with Gasteiger partial charge in [-0.05, 0) is 80.0 Å². The number of carbonyl (C=O) groups excluding carboxylic acids is 1. The Hall–Kier alpha value is -2.24. The highest BCUT2D eigenvalue weighted by atomic mass is 16.5. The van der Waals surface area contributed by atoms with Gasteiger partial charge in [0.1, 0.15) is 6.10 Å². The summed E-state index contributed by atoms with van der Waals surface area (Å²) < 4.78 is 11.4. The zero-order valence-corrected chi connectivity index (χ0v) is 17.4. The smallest absolute Gasteiger partial charge is 0.302 e. The number of rotatable bonds is 4. The summed E-state index contributed by atoms with van der Waals surface area (Å²) in [6, 6.07) is 3.78. The Bertz CT molecular complexity index is 822. The van der Waals surface area contributed by atoms with Gasteiger partial charge >= 0.3 is 5.97 Å². The van der Waals surface area contributed by atoms with E-state index in [-0.39, 0.29) is 29.2 Å². The molecule has 0 amide bonds. The number of aromatic hydroxyl groups is 1. The van der Waals surface area contributed by atoms with Gasteiger partial charge < -0.3 is 19.8 Å². The average Bonchev–Trinajstić information content (AvgIpc) is 2.99. The standard InChI is InChI=1S/C23H31NO5/c1-4-28-21-11-17-15-7-8-23(3)19(5-6-22(23)29-13(2)25)18(15)9-14(12-24-27)16(17)10-20(21)26/h10-12,14-15,18-19,22,26-27H,4-9H2,1-3H3/b24-12-/t14?,15-,18-,19+,22+,23+/m1/s1. The van der Waals surface area contributed by atoms with Crippen LogP contribution in [0.25, 0.3) is 0 Å². The number of hydrogen-bond acceptors (Lipinski definition) is 6. The van der Waals surface area contributed by atoms with E-state index in [0.29, 0.717) is 30.1 Å². The van der Waals surface area contributed by atoms with Crippen LogP contribution in [0.1, 0.15) is 75.8 Å². The third-order valence-electron chi connectivity index (χ3n) is 7.69. The first-order chi connectivity index (χ1) is 13.9. The normalized spacial score (nSPS) is 35.6. The van der Waals surface area contributed by atoms with E-state index in [2.05, 4.69) is 12.1 Å². The van der Waals surface area contributed by atoms with Crippen LogP contribution in [-0.4, -0.2) is 35.2 Å². The van der Waals surface area contributed by atoms with E-state index in [0.717, 1.165) is 37.7 Å². The average molecular weight is 402 g/mol. The third-order valence-corrected chi connectivity index (χ3v) is 7.69. The summed E-state index contributed by atoms with van der Waals surface area (Å²) >= 11 is 0. The first-order valence-electron chi connectivity index (χ1n) is 10.7. The molecule has 1 aromatic carbocycles. The molecule has 2 fully saturated rings. The van der Waals surface area contributed by atoms with Crippen molar-refractivity contribution in [3.8, 4) is 11.5 Å². The number of hydrogen-bond donors (Lipinski definition) is 2. The van der Waals surface area contributed by atoms with Gasteiger partial charge in [0.05, 0.1) is 12.8 Å². The van der Waals surface area contributed by atoms with Crippen molar-refractivity contribution in [3.63, 3.8) is 0 Å². The van der Waals surface area contributed by atoms with Crippen molar-refractivity contribution in [1.29, 1.82) is 0 Å². The second-order valence-corrected chi connectivity index (χ2v) is 9.09. The van der Waals surface area contributed by atoms with E-state index < -0.39 is 0 Å². The lowest BCUT2D eigenvalue weighted by atomic mass is 9.54. The lowest BCUT2D eigenvalue weighted by Crippen LogP contribution is -2.45. The van der Waals surface area contributed by atoms with Gasteiger partial charge in [0, 0.05) is 18.3 Å². The number of esters is 1. The Labute approximate surface area is 171 Å². The highest BCUT2D eigenvalue weighted by Crippen LogP contribution is 2.63. The Morgan fingerprint density at radius 3 is 2.79 bits per heavy atom. The third kappa shape index (κ3) is 3.26. The summed E-state index contributed by atoms with van der Waals surface area (Å²) in [5.74, 6) is 1.66. The zero-order valence-electron chi connectivity index (χ0n) is 17.4. The number of oxime groups is 1. The largest absolute Gasteiger partial charge is 0.504 e. The van der Waals surface area contributed by atoms with Crippen LogP contribution >= 0.6 is 0 Å². The first-order valence-corrected chi connectivity index (χ1v) is 10.7. The summed E-state index contributed by atoms with van der Waals surface area (Å²) in [6.45, 7) is 6.17. The van der Waals surface area contributed by atoms with Crippen LogP contribution in [-0.2, 0) is 9.53 Å². The van der Waals surface area contributed by atoms with Gasteiger partial charge in [-0.3, -0.25) is 4.79 Å². The van der Waals surface area contributed by atoms with Gasteiger partial charge in [-0.1, -0.05) is 6.92 Å². The van der Waals surface area contributed by atoms with Crippen molar-refractivity contribution in [2.45, 2.75) is 70.8 Å². The molecule has 1 unspecified atom stereocenters. The van der Waals surface area contributed by atoms with Crippen LogP contribution in [0.5, 0.6) is 11.5 Å². The van der Waals surface area contributed by atoms with E-state index in [9.17, 15) is 15.1 Å². The van der Waals surface area contributed by atoms with Crippen molar-refractivity contribution >= 4 is 12.2 Å². The van der Waals surface area contributed by atoms with Gasteiger partial charge in [-0.15, -0.1) is 5.16 Å². The molecular weight excluding hydrogens is 370 g/mol. The van der Waals surface area contributed by atoms with Crippen molar-refractivity contribution < 1.29 is 24.6 Å². The van der Waals surface area contributed by atoms with Gasteiger partial charge in [0.25, 0.3) is 0 Å². The van der Waals surface area contributed by atoms with Crippen LogP contribution in [0.3, 0.4) is 0 Å². The molecule has 0 radical (unpaired) electrons. The minimum Gasteiger partial charge on any atom is -0.504 e. The van der Waals surface area contributed by atoms with Crippen molar-refractivity contribution in [3.05, 3.63) is 23.3 Å². The zero-order chi connectivity index (χ0) is 20.8. The lowest BCUT2D eigenvalue weighted by Gasteiger charge is -2.51. The van der Waals surface area contributed by atoms with E-state index in [4.69, 9.17) is 9.47 Å². The topological polar surface area (TPSA) is 88.3 Å². The molecule has 1 aromatic rings. The van der Waals surface area contributed by atoms with E-state index in [1.165, 1.54) is 12.5 Å². The number of phenolic OH excluding ortho intramolecular Hbond substituents is 1. The van der Waals surface area contributed by atoms with E-state index >= 15 is 0 Å². The van der Waals surface area contributed by atoms with E-state index in [1.54, 1.807) is 12.3 Å². The van der Waals surface area contributed by atoms with Crippen LogP contribution in [0, 0.1) is 17.3 Å². The number of fused-ring (bicyclic) bond motifs is 5. The van der Waals surface area contributed by atoms with Crippen LogP contribution in [0.15, 0.2) is 17.3 Å². The molecule has 0 spiro atoms. The summed E-state index contributed by atoms with van der Waals surface area (Å²) in [7, 11) is 0. The molecule has 2 N–H and O–H groups in total. The molecule has 2 saturated carbocycles. The molecule has 0 aliphatic heterocycles. The quantitative estimate of drug-likeness (QED) is 0.334. The second-order valence-electron chi connectivity index (χ2n) is 9.09. The SMILES string of the molecule is CCOc1cc2c(cc1O)C(/C=N\O)C[C@@H]1[C@@H]2CC[C@]2(C)[C@@H](OC(C)=O)CC[C@@H]12. The highest BCUT2D eigenvalue weighted by Gasteiger charge is 2.57. The fourth-order valence-corrected chi connectivity index (χ4v) is 6.50. The van der Waals surface area contributed by atoms with Crippen LogP contribution < -0.4 is 4.74 Å². The monoisotopic (exact) mass is 401 g/mol. The minimum absolute atomic E-state index is 0.00901. The van der Waals surface area contributed by atoms with Crippen molar-refractivity contribution in [1.82, 2.24) is 0 Å². The van der Waals surface area contributed by atoms with Crippen molar-refractivity contribution in [2.75, 3.05) is 6.61 Å². The fraction of sp³-hybridized carbons (Fsp3) is 0.652. The highest BCUT2D eigenvalue weighted by molar-refractivity contribution is 5.70. The van der Waals surface area contributed by atoms with Gasteiger partial charge in [0.15, 0.2) is 11.5 Å². The van der Waals surface area contributed by atoms with Gasteiger partial charge in [0.2, 0.25) is 0 Å². The maximum absolute atomic E-state index is 11.6. The summed E-state index contributed by atoms with van der Waals surface area (Å²) in [6.07, 6.45) is 6.43. The molecule has 0 aromatic heterocycles. The van der Waals surface area contributed by atoms with Gasteiger partial charge in [-0.2, -0.15) is 0 Å². The molecule has 29 heavy (non-hydrogen) atoms. The van der Waals surface area contributed by atoms with Crippen LogP contribution in [0.2, 0.25) is 0 Å². The second kappa shape index (κ2) is 7.54. The molecule has 6 atom stereocenters. The molecule has 0 bridgehead atoms. The van der Waals surface area contributed by atoms with E-state index in [1.807, 2.05) is 13.0 Å². The number of ether oxygens (including phenoxy) is 2. The Balaban J connectivity index is 1.73. The predicted octanol–water partition coefficient (Wildman–Crippen LogP) is 4.58. The molecule has 0 saturated heterocycles. The Morgan fingerprint density at radius 1 is 1.31 bits per heavy atom. The van der Waals surface area contributed by atoms with Gasteiger partial charge in [-0.25, -0.2) is 0 Å². The lowest BCUT2D eigenvalue weighted by molar-refractivity contribution is -0.154. The molecule has 0 heterocycles. The number of carbonyl (C=O) groups is 1. The minimum atomic E-state index is -0.199. The number of phenols is 1. The number of nitrogens with zero attached hydrogens (tertiary/aromatic N) is 1. The molecule has 158 valence electrons. The maximum atomic E-state index is 11.6. The van der Waals surface area contributed by atoms with Crippen molar-refractivity contribution in [2.24, 2.45) is 22.4 Å². The Morgan fingerprint density at radius 2 is 2.10 bits per heavy atom. The molecule has 6 nitrogen and oxygen atoms in total. The molecule has 3 aliphatic rings. The molecular formula is C23H31NO5. The molecule has 6 heteroatoms. The van der Waals surface area contributed by atoms with Crippen LogP contribution in [0.4, 0.5) is 0 Å². The summed E-state index contributed by atoms with van der Waals surface area (Å²) in [5.41, 5.74) is 2.22. The first kappa shape index (κ1) is 20.0.